The molecule has 1 aromatic heterocycles. The Morgan fingerprint density at radius 2 is 0.976 bits per heavy atom. The first kappa shape index (κ1) is 24.6. The summed E-state index contributed by atoms with van der Waals surface area (Å²) in [6.45, 7) is 0. The summed E-state index contributed by atoms with van der Waals surface area (Å²) in [5.74, 6) is 0. The predicted molar refractivity (Wildman–Crippen MR) is 182 cm³/mol. The van der Waals surface area contributed by atoms with E-state index in [4.69, 9.17) is 0 Å². The Balaban J connectivity index is 1.37. The van der Waals surface area contributed by atoms with Crippen LogP contribution < -0.4 is 4.90 Å². The van der Waals surface area contributed by atoms with Gasteiger partial charge in [-0.05, 0) is 76.0 Å². The van der Waals surface area contributed by atoms with Crippen molar-refractivity contribution in [2.75, 3.05) is 4.90 Å². The van der Waals surface area contributed by atoms with Crippen molar-refractivity contribution in [1.29, 1.82) is 0 Å². The number of rotatable bonds is 5. The van der Waals surface area contributed by atoms with Gasteiger partial charge in [0.1, 0.15) is 0 Å². The zero-order valence-electron chi connectivity index (χ0n) is 22.9. The Hall–Kier alpha value is -5.18. The predicted octanol–water partition coefficient (Wildman–Crippen LogP) is 12.0. The Bertz CT molecular complexity index is 2180. The second-order valence-corrected chi connectivity index (χ2v) is 11.7. The molecule has 0 fully saturated rings. The maximum Gasteiger partial charge on any atom is 0.0546 e. The fraction of sp³-hybridized carbons (Fsp3) is 0. The molecule has 7 aromatic carbocycles. The molecule has 0 aliphatic rings. The molecule has 0 aliphatic carbocycles. The van der Waals surface area contributed by atoms with E-state index in [9.17, 15) is 0 Å². The first-order chi connectivity index (χ1) is 20.8. The van der Waals surface area contributed by atoms with Gasteiger partial charge < -0.3 is 4.90 Å². The molecule has 8 rings (SSSR count). The Morgan fingerprint density at radius 1 is 0.381 bits per heavy atom. The summed E-state index contributed by atoms with van der Waals surface area (Å²) in [6, 6.07) is 59.2. The molecule has 42 heavy (non-hydrogen) atoms. The first-order valence-corrected chi connectivity index (χ1v) is 15.1. The number of hydrogen-bond donors (Lipinski definition) is 0. The molecule has 0 saturated carbocycles. The lowest BCUT2D eigenvalue weighted by Gasteiger charge is -2.29. The topological polar surface area (TPSA) is 3.24 Å². The summed E-state index contributed by atoms with van der Waals surface area (Å²) in [5, 5.41) is 5.11. The van der Waals surface area contributed by atoms with Crippen LogP contribution in [0.2, 0.25) is 0 Å². The van der Waals surface area contributed by atoms with Crippen LogP contribution in [0.3, 0.4) is 0 Å². The molecule has 0 atom stereocenters. The summed E-state index contributed by atoms with van der Waals surface area (Å²) in [4.78, 5) is 2.40. The normalized spacial score (nSPS) is 11.3. The van der Waals surface area contributed by atoms with E-state index in [1.54, 1.807) is 0 Å². The molecule has 0 amide bonds. The van der Waals surface area contributed by atoms with Crippen LogP contribution in [0.5, 0.6) is 0 Å². The summed E-state index contributed by atoms with van der Waals surface area (Å²) in [7, 11) is 0. The zero-order valence-corrected chi connectivity index (χ0v) is 23.8. The number of para-hydroxylation sites is 1. The van der Waals surface area contributed by atoms with Crippen LogP contribution >= 0.6 is 11.3 Å². The molecule has 198 valence electrons. The number of anilines is 3. The molecule has 0 radical (unpaired) electrons. The van der Waals surface area contributed by atoms with Gasteiger partial charge in [-0.3, -0.25) is 0 Å². The SMILES string of the molecule is c1ccc(-c2ccc(N(c3ccccc3)c3ccc4ccccc4c3-c3ccc4sc5ccccc5c4c3)cc2)cc1. The van der Waals surface area contributed by atoms with E-state index in [1.807, 2.05) is 11.3 Å². The summed E-state index contributed by atoms with van der Waals surface area (Å²) < 4.78 is 2.64. The third-order valence-electron chi connectivity index (χ3n) is 8.06. The van der Waals surface area contributed by atoms with Crippen LogP contribution in [0, 0.1) is 0 Å². The largest absolute Gasteiger partial charge is 0.310 e. The number of hydrogen-bond acceptors (Lipinski definition) is 2. The summed E-state index contributed by atoms with van der Waals surface area (Å²) >= 11 is 1.86. The van der Waals surface area contributed by atoms with Gasteiger partial charge in [0.05, 0.1) is 5.69 Å². The van der Waals surface area contributed by atoms with Gasteiger partial charge >= 0.3 is 0 Å². The smallest absolute Gasteiger partial charge is 0.0546 e. The second kappa shape index (κ2) is 10.3. The molecular formula is C40H27NS. The van der Waals surface area contributed by atoms with E-state index in [1.165, 1.54) is 53.2 Å². The highest BCUT2D eigenvalue weighted by atomic mass is 32.1. The van der Waals surface area contributed by atoms with Crippen molar-refractivity contribution in [3.8, 4) is 22.3 Å². The van der Waals surface area contributed by atoms with Crippen LogP contribution in [0.4, 0.5) is 17.1 Å². The van der Waals surface area contributed by atoms with Crippen LogP contribution in [0.15, 0.2) is 164 Å². The zero-order chi connectivity index (χ0) is 27.9. The highest BCUT2D eigenvalue weighted by Crippen LogP contribution is 2.46. The first-order valence-electron chi connectivity index (χ1n) is 14.3. The molecule has 2 heteroatoms. The average Bonchev–Trinajstić information content (AvgIpc) is 3.44. The Kier molecular flexibility index (Phi) is 6.05. The lowest BCUT2D eigenvalue weighted by Crippen LogP contribution is -2.11. The van der Waals surface area contributed by atoms with Gasteiger partial charge in [-0.1, -0.05) is 115 Å². The molecule has 0 aliphatic heterocycles. The maximum atomic E-state index is 2.40. The van der Waals surface area contributed by atoms with Crippen molar-refractivity contribution in [1.82, 2.24) is 0 Å². The fourth-order valence-electron chi connectivity index (χ4n) is 6.07. The molecule has 1 nitrogen and oxygen atoms in total. The molecule has 8 aromatic rings. The Morgan fingerprint density at radius 3 is 1.79 bits per heavy atom. The van der Waals surface area contributed by atoms with Crippen molar-refractivity contribution >= 4 is 59.3 Å². The maximum absolute atomic E-state index is 2.40. The molecule has 0 N–H and O–H groups in total. The van der Waals surface area contributed by atoms with E-state index in [2.05, 4.69) is 169 Å². The number of nitrogens with zero attached hydrogens (tertiary/aromatic N) is 1. The molecular weight excluding hydrogens is 527 g/mol. The number of fused-ring (bicyclic) bond motifs is 4. The van der Waals surface area contributed by atoms with Crippen molar-refractivity contribution in [3.63, 3.8) is 0 Å². The van der Waals surface area contributed by atoms with E-state index in [0.29, 0.717) is 0 Å². The lowest BCUT2D eigenvalue weighted by atomic mass is 9.94. The van der Waals surface area contributed by atoms with Gasteiger partial charge in [-0.2, -0.15) is 0 Å². The Labute approximate surface area is 249 Å². The van der Waals surface area contributed by atoms with E-state index < -0.39 is 0 Å². The van der Waals surface area contributed by atoms with Gasteiger partial charge in [-0.25, -0.2) is 0 Å². The van der Waals surface area contributed by atoms with Crippen molar-refractivity contribution in [3.05, 3.63) is 164 Å². The highest BCUT2D eigenvalue weighted by molar-refractivity contribution is 7.25. The van der Waals surface area contributed by atoms with Crippen molar-refractivity contribution in [2.45, 2.75) is 0 Å². The van der Waals surface area contributed by atoms with E-state index in [-0.39, 0.29) is 0 Å². The van der Waals surface area contributed by atoms with Crippen LogP contribution in [-0.4, -0.2) is 0 Å². The van der Waals surface area contributed by atoms with Gasteiger partial charge in [0.25, 0.3) is 0 Å². The highest BCUT2D eigenvalue weighted by Gasteiger charge is 2.20. The fourth-order valence-corrected chi connectivity index (χ4v) is 7.16. The minimum absolute atomic E-state index is 1.12. The van der Waals surface area contributed by atoms with Crippen molar-refractivity contribution < 1.29 is 0 Å². The average molecular weight is 554 g/mol. The number of thiophene rings is 1. The third kappa shape index (κ3) is 4.25. The van der Waals surface area contributed by atoms with Gasteiger partial charge in [0.15, 0.2) is 0 Å². The minimum atomic E-state index is 1.12. The minimum Gasteiger partial charge on any atom is -0.310 e. The van der Waals surface area contributed by atoms with Crippen LogP contribution in [0.25, 0.3) is 53.2 Å². The van der Waals surface area contributed by atoms with Crippen LogP contribution in [0.1, 0.15) is 0 Å². The quantitative estimate of drug-likeness (QED) is 0.205. The van der Waals surface area contributed by atoms with Gasteiger partial charge in [0.2, 0.25) is 0 Å². The lowest BCUT2D eigenvalue weighted by molar-refractivity contribution is 1.29. The second-order valence-electron chi connectivity index (χ2n) is 10.6. The monoisotopic (exact) mass is 553 g/mol. The van der Waals surface area contributed by atoms with Crippen molar-refractivity contribution in [2.24, 2.45) is 0 Å². The molecule has 0 spiro atoms. The number of benzene rings is 7. The van der Waals surface area contributed by atoms with Gasteiger partial charge in [-0.15, -0.1) is 11.3 Å². The van der Waals surface area contributed by atoms with Gasteiger partial charge in [0, 0.05) is 37.1 Å². The third-order valence-corrected chi connectivity index (χ3v) is 9.21. The van der Waals surface area contributed by atoms with E-state index in [0.717, 1.165) is 17.1 Å². The molecule has 0 bridgehead atoms. The standard InChI is InChI=1S/C40H27NS/c1-3-11-28(12-4-1)29-19-23-33(24-20-29)41(32-14-5-2-6-15-32)37-25-21-30-13-7-8-16-34(30)40(37)31-22-26-39-36(27-31)35-17-9-10-18-38(35)42-39/h1-27H. The molecule has 0 unspecified atom stereocenters. The van der Waals surface area contributed by atoms with Crippen LogP contribution in [-0.2, 0) is 0 Å². The summed E-state index contributed by atoms with van der Waals surface area (Å²) in [5.41, 5.74) is 8.30. The van der Waals surface area contributed by atoms with E-state index >= 15 is 0 Å². The summed E-state index contributed by atoms with van der Waals surface area (Å²) in [6.07, 6.45) is 0. The molecule has 0 saturated heterocycles. The molecule has 1 heterocycles.